The SMILES string of the molecule is Cc1ccc2c(c1)CCC2=Cc1cncs1. The van der Waals surface area contributed by atoms with E-state index in [1.165, 1.54) is 33.6 Å². The van der Waals surface area contributed by atoms with E-state index in [1.807, 2.05) is 11.7 Å². The van der Waals surface area contributed by atoms with E-state index in [9.17, 15) is 0 Å². The smallest absolute Gasteiger partial charge is 0.0797 e. The molecule has 1 aromatic carbocycles. The predicted octanol–water partition coefficient (Wildman–Crippen LogP) is 3.94. The van der Waals surface area contributed by atoms with Gasteiger partial charge in [-0.1, -0.05) is 23.8 Å². The van der Waals surface area contributed by atoms with Gasteiger partial charge in [-0.15, -0.1) is 11.3 Å². The molecule has 3 rings (SSSR count). The van der Waals surface area contributed by atoms with Crippen molar-refractivity contribution in [3.8, 4) is 0 Å². The molecule has 80 valence electrons. The summed E-state index contributed by atoms with van der Waals surface area (Å²) in [5, 5.41) is 0. The number of hydrogen-bond donors (Lipinski definition) is 0. The number of rotatable bonds is 1. The van der Waals surface area contributed by atoms with Crippen LogP contribution in [-0.2, 0) is 6.42 Å². The van der Waals surface area contributed by atoms with E-state index in [0.717, 1.165) is 6.42 Å². The van der Waals surface area contributed by atoms with Gasteiger partial charge in [0.25, 0.3) is 0 Å². The number of thiazole rings is 1. The lowest BCUT2D eigenvalue weighted by molar-refractivity contribution is 1.08. The van der Waals surface area contributed by atoms with Crippen LogP contribution in [0.3, 0.4) is 0 Å². The minimum absolute atomic E-state index is 1.16. The molecule has 0 N–H and O–H groups in total. The lowest BCUT2D eigenvalue weighted by atomic mass is 10.0. The van der Waals surface area contributed by atoms with Crippen LogP contribution in [-0.4, -0.2) is 4.98 Å². The first-order valence-electron chi connectivity index (χ1n) is 5.52. The Morgan fingerprint density at radius 1 is 1.31 bits per heavy atom. The van der Waals surface area contributed by atoms with E-state index >= 15 is 0 Å². The average Bonchev–Trinajstić information content (AvgIpc) is 2.89. The predicted molar refractivity (Wildman–Crippen MR) is 69.5 cm³/mol. The van der Waals surface area contributed by atoms with Gasteiger partial charge >= 0.3 is 0 Å². The molecule has 0 bridgehead atoms. The number of aromatic nitrogens is 1. The maximum atomic E-state index is 4.11. The Morgan fingerprint density at radius 3 is 3.06 bits per heavy atom. The number of nitrogens with zero attached hydrogens (tertiary/aromatic N) is 1. The van der Waals surface area contributed by atoms with Gasteiger partial charge in [-0.25, -0.2) is 0 Å². The highest BCUT2D eigenvalue weighted by Gasteiger charge is 2.15. The van der Waals surface area contributed by atoms with Crippen molar-refractivity contribution in [3.63, 3.8) is 0 Å². The molecule has 0 amide bonds. The van der Waals surface area contributed by atoms with E-state index in [-0.39, 0.29) is 0 Å². The lowest BCUT2D eigenvalue weighted by Gasteiger charge is -2.01. The molecular weight excluding hydrogens is 214 g/mol. The molecule has 2 aromatic rings. The van der Waals surface area contributed by atoms with Gasteiger partial charge in [-0.3, -0.25) is 4.98 Å². The topological polar surface area (TPSA) is 12.9 Å². The van der Waals surface area contributed by atoms with Crippen molar-refractivity contribution in [3.05, 3.63) is 51.5 Å². The molecule has 2 heteroatoms. The highest BCUT2D eigenvalue weighted by atomic mass is 32.1. The van der Waals surface area contributed by atoms with E-state index in [4.69, 9.17) is 0 Å². The van der Waals surface area contributed by atoms with Gasteiger partial charge in [0.15, 0.2) is 0 Å². The average molecular weight is 227 g/mol. The third-order valence-corrected chi connectivity index (χ3v) is 3.76. The number of aryl methyl sites for hydroxylation is 2. The Kier molecular flexibility index (Phi) is 2.37. The summed E-state index contributed by atoms with van der Waals surface area (Å²) in [6, 6.07) is 6.76. The Hall–Kier alpha value is -1.41. The van der Waals surface area contributed by atoms with Crippen LogP contribution in [0.2, 0.25) is 0 Å². The molecule has 0 saturated carbocycles. The van der Waals surface area contributed by atoms with Crippen molar-refractivity contribution < 1.29 is 0 Å². The van der Waals surface area contributed by atoms with Crippen molar-refractivity contribution in [2.45, 2.75) is 19.8 Å². The van der Waals surface area contributed by atoms with Crippen molar-refractivity contribution in [2.24, 2.45) is 0 Å². The van der Waals surface area contributed by atoms with Crippen LogP contribution in [0.15, 0.2) is 29.9 Å². The summed E-state index contributed by atoms with van der Waals surface area (Å²) in [5.41, 5.74) is 7.63. The van der Waals surface area contributed by atoms with E-state index in [0.29, 0.717) is 0 Å². The quantitative estimate of drug-likeness (QED) is 0.719. The second-order valence-electron chi connectivity index (χ2n) is 4.23. The molecule has 0 radical (unpaired) electrons. The van der Waals surface area contributed by atoms with Crippen LogP contribution >= 0.6 is 11.3 Å². The zero-order chi connectivity index (χ0) is 11.0. The molecule has 1 nitrogen and oxygen atoms in total. The molecule has 0 unspecified atom stereocenters. The maximum absolute atomic E-state index is 4.11. The summed E-state index contributed by atoms with van der Waals surface area (Å²) < 4.78 is 0. The van der Waals surface area contributed by atoms with Gasteiger partial charge in [-0.2, -0.15) is 0 Å². The summed E-state index contributed by atoms with van der Waals surface area (Å²) in [5.74, 6) is 0. The Morgan fingerprint density at radius 2 is 2.25 bits per heavy atom. The number of hydrogen-bond acceptors (Lipinski definition) is 2. The fourth-order valence-corrected chi connectivity index (χ4v) is 2.84. The molecule has 16 heavy (non-hydrogen) atoms. The van der Waals surface area contributed by atoms with Crippen LogP contribution in [0.5, 0.6) is 0 Å². The van der Waals surface area contributed by atoms with Crippen LogP contribution in [0, 0.1) is 6.92 Å². The maximum Gasteiger partial charge on any atom is 0.0797 e. The number of benzene rings is 1. The van der Waals surface area contributed by atoms with Crippen LogP contribution in [0.1, 0.15) is 28.0 Å². The normalized spacial score (nSPS) is 16.7. The highest BCUT2D eigenvalue weighted by Crippen LogP contribution is 2.34. The molecule has 0 spiro atoms. The summed E-state index contributed by atoms with van der Waals surface area (Å²) in [6.07, 6.45) is 6.56. The third kappa shape index (κ3) is 1.69. The first-order chi connectivity index (χ1) is 7.83. The van der Waals surface area contributed by atoms with Crippen molar-refractivity contribution in [2.75, 3.05) is 0 Å². The first-order valence-corrected chi connectivity index (χ1v) is 6.40. The summed E-state index contributed by atoms with van der Waals surface area (Å²) >= 11 is 1.70. The highest BCUT2D eigenvalue weighted by molar-refractivity contribution is 7.10. The van der Waals surface area contributed by atoms with Crippen LogP contribution < -0.4 is 0 Å². The second kappa shape index (κ2) is 3.87. The van der Waals surface area contributed by atoms with Gasteiger partial charge in [0.1, 0.15) is 0 Å². The fourth-order valence-electron chi connectivity index (χ4n) is 2.27. The van der Waals surface area contributed by atoms with Gasteiger partial charge in [-0.05, 0) is 42.5 Å². The standard InChI is InChI=1S/C14H13NS/c1-10-2-5-14-11(6-10)3-4-12(14)7-13-8-15-9-16-13/h2,5-9H,3-4H2,1H3. The van der Waals surface area contributed by atoms with Gasteiger partial charge in [0, 0.05) is 11.1 Å². The van der Waals surface area contributed by atoms with Crippen LogP contribution in [0.4, 0.5) is 0 Å². The zero-order valence-corrected chi connectivity index (χ0v) is 10.1. The van der Waals surface area contributed by atoms with E-state index < -0.39 is 0 Å². The summed E-state index contributed by atoms with van der Waals surface area (Å²) in [6.45, 7) is 2.16. The molecule has 0 aliphatic heterocycles. The zero-order valence-electron chi connectivity index (χ0n) is 9.23. The Balaban J connectivity index is 2.03. The van der Waals surface area contributed by atoms with Crippen molar-refractivity contribution >= 4 is 23.0 Å². The van der Waals surface area contributed by atoms with Gasteiger partial charge in [0.2, 0.25) is 0 Å². The third-order valence-electron chi connectivity index (χ3n) is 3.04. The molecule has 0 fully saturated rings. The Bertz CT molecular complexity index is 538. The first kappa shape index (κ1) is 9.79. The van der Waals surface area contributed by atoms with E-state index in [1.54, 1.807) is 11.3 Å². The van der Waals surface area contributed by atoms with Gasteiger partial charge in [0.05, 0.1) is 5.51 Å². The molecule has 1 heterocycles. The molecule has 0 atom stereocenters. The van der Waals surface area contributed by atoms with Crippen molar-refractivity contribution in [1.29, 1.82) is 0 Å². The van der Waals surface area contributed by atoms with Crippen LogP contribution in [0.25, 0.3) is 11.6 Å². The molecule has 1 aliphatic carbocycles. The Labute approximate surface area is 99.5 Å². The molecule has 0 saturated heterocycles. The summed E-state index contributed by atoms with van der Waals surface area (Å²) in [4.78, 5) is 5.36. The molecule has 1 aliphatic rings. The van der Waals surface area contributed by atoms with Crippen molar-refractivity contribution in [1.82, 2.24) is 4.98 Å². The minimum Gasteiger partial charge on any atom is -0.253 e. The minimum atomic E-state index is 1.16. The largest absolute Gasteiger partial charge is 0.253 e. The monoisotopic (exact) mass is 227 g/mol. The fraction of sp³-hybridized carbons (Fsp3) is 0.214. The number of allylic oxidation sites excluding steroid dienone is 1. The molecular formula is C14H13NS. The lowest BCUT2D eigenvalue weighted by Crippen LogP contribution is -1.82. The van der Waals surface area contributed by atoms with Gasteiger partial charge < -0.3 is 0 Å². The van der Waals surface area contributed by atoms with E-state index in [2.05, 4.69) is 36.2 Å². The molecule has 1 aromatic heterocycles. The second-order valence-corrected chi connectivity index (χ2v) is 5.15. The summed E-state index contributed by atoms with van der Waals surface area (Å²) in [7, 11) is 0. The number of fused-ring (bicyclic) bond motifs is 1.